The van der Waals surface area contributed by atoms with Crippen LogP contribution < -0.4 is 9.47 Å². The number of carbonyl (C=O) groups excluding carboxylic acids is 3. The molecule has 7 nitrogen and oxygen atoms in total. The van der Waals surface area contributed by atoms with Gasteiger partial charge in [0.2, 0.25) is 0 Å². The summed E-state index contributed by atoms with van der Waals surface area (Å²) in [5.74, 6) is -0.564. The van der Waals surface area contributed by atoms with Gasteiger partial charge in [-0.15, -0.1) is 0 Å². The van der Waals surface area contributed by atoms with Crippen LogP contribution in [0.15, 0.2) is 41.3 Å². The Hall–Kier alpha value is -2.68. The highest BCUT2D eigenvalue weighted by molar-refractivity contribution is 8.18. The lowest BCUT2D eigenvalue weighted by atomic mass is 10.1. The first-order valence-corrected chi connectivity index (χ1v) is 11.5. The topological polar surface area (TPSA) is 82.1 Å². The smallest absolute Gasteiger partial charge is 0.329 e. The number of halogens is 2. The van der Waals surface area contributed by atoms with Crippen LogP contribution >= 0.6 is 35.0 Å². The quantitative estimate of drug-likeness (QED) is 0.339. The normalized spacial score (nSPS) is 15.7. The molecule has 1 atom stereocenters. The first-order valence-electron chi connectivity index (χ1n) is 9.94. The number of amides is 2. The van der Waals surface area contributed by atoms with Crippen LogP contribution in [-0.2, 0) is 20.9 Å². The second-order valence-corrected chi connectivity index (χ2v) is 8.70. The van der Waals surface area contributed by atoms with Crippen molar-refractivity contribution in [3.8, 4) is 11.5 Å². The van der Waals surface area contributed by atoms with Crippen LogP contribution in [0.25, 0.3) is 6.08 Å². The zero-order valence-electron chi connectivity index (χ0n) is 18.1. The molecule has 2 amide bonds. The van der Waals surface area contributed by atoms with Crippen LogP contribution in [0.4, 0.5) is 4.79 Å². The predicted octanol–water partition coefficient (Wildman–Crippen LogP) is 5.57. The van der Waals surface area contributed by atoms with E-state index in [0.29, 0.717) is 22.1 Å². The number of carbonyl (C=O) groups is 3. The van der Waals surface area contributed by atoms with Crippen LogP contribution in [0.1, 0.15) is 25.0 Å². The Balaban J connectivity index is 1.83. The average Bonchev–Trinajstić information content (AvgIpc) is 3.06. The monoisotopic (exact) mass is 509 g/mol. The molecule has 0 N–H and O–H groups in total. The molecule has 1 heterocycles. The fourth-order valence-electron chi connectivity index (χ4n) is 3.06. The van der Waals surface area contributed by atoms with Gasteiger partial charge >= 0.3 is 5.97 Å². The number of nitrogens with zero attached hydrogens (tertiary/aromatic N) is 1. The van der Waals surface area contributed by atoms with E-state index in [2.05, 4.69) is 0 Å². The Labute approximate surface area is 205 Å². The second kappa shape index (κ2) is 11.0. The molecule has 0 unspecified atom stereocenters. The summed E-state index contributed by atoms with van der Waals surface area (Å²) in [6, 6.07) is 9.47. The highest BCUT2D eigenvalue weighted by atomic mass is 35.5. The van der Waals surface area contributed by atoms with Gasteiger partial charge in [0.25, 0.3) is 11.1 Å². The molecule has 2 aromatic carbocycles. The lowest BCUT2D eigenvalue weighted by Gasteiger charge is -2.19. The van der Waals surface area contributed by atoms with Gasteiger partial charge in [-0.05, 0) is 55.4 Å². The van der Waals surface area contributed by atoms with Gasteiger partial charge in [-0.2, -0.15) is 0 Å². The van der Waals surface area contributed by atoms with Crippen LogP contribution in [0, 0.1) is 0 Å². The Morgan fingerprint density at radius 1 is 1.18 bits per heavy atom. The lowest BCUT2D eigenvalue weighted by Crippen LogP contribution is -2.42. The van der Waals surface area contributed by atoms with Gasteiger partial charge in [0.15, 0.2) is 11.5 Å². The van der Waals surface area contributed by atoms with E-state index in [0.717, 1.165) is 22.2 Å². The number of ether oxygens (including phenoxy) is 3. The Bertz CT molecular complexity index is 1120. The van der Waals surface area contributed by atoms with E-state index in [1.807, 2.05) is 18.2 Å². The van der Waals surface area contributed by atoms with E-state index in [1.54, 1.807) is 25.1 Å². The molecule has 0 saturated carbocycles. The summed E-state index contributed by atoms with van der Waals surface area (Å²) in [7, 11) is 1.46. The van der Waals surface area contributed by atoms with Crippen LogP contribution in [-0.4, -0.2) is 41.8 Å². The van der Waals surface area contributed by atoms with E-state index < -0.39 is 23.2 Å². The summed E-state index contributed by atoms with van der Waals surface area (Å²) in [6.07, 6.45) is 1.51. The third kappa shape index (κ3) is 5.63. The third-order valence-electron chi connectivity index (χ3n) is 4.72. The van der Waals surface area contributed by atoms with Gasteiger partial charge in [0, 0.05) is 10.6 Å². The van der Waals surface area contributed by atoms with Gasteiger partial charge < -0.3 is 14.2 Å². The van der Waals surface area contributed by atoms with Crippen molar-refractivity contribution in [1.82, 2.24) is 4.90 Å². The summed E-state index contributed by atoms with van der Waals surface area (Å²) >= 11 is 13.3. The van der Waals surface area contributed by atoms with Crippen molar-refractivity contribution in [2.24, 2.45) is 0 Å². The Kier molecular flexibility index (Phi) is 8.29. The molecule has 0 radical (unpaired) electrons. The van der Waals surface area contributed by atoms with Gasteiger partial charge in [-0.1, -0.05) is 41.4 Å². The zero-order valence-corrected chi connectivity index (χ0v) is 20.4. The lowest BCUT2D eigenvalue weighted by molar-refractivity contribution is -0.150. The molecule has 0 bridgehead atoms. The molecule has 3 rings (SSSR count). The molecular formula is C23H21Cl2NO6S. The van der Waals surface area contributed by atoms with Crippen molar-refractivity contribution in [3.05, 3.63) is 62.5 Å². The molecule has 1 aliphatic heterocycles. The maximum Gasteiger partial charge on any atom is 0.329 e. The molecule has 33 heavy (non-hydrogen) atoms. The Morgan fingerprint density at radius 3 is 2.58 bits per heavy atom. The largest absolute Gasteiger partial charge is 0.493 e. The molecular weight excluding hydrogens is 489 g/mol. The van der Waals surface area contributed by atoms with E-state index in [4.69, 9.17) is 37.4 Å². The minimum atomic E-state index is -1.03. The SMILES string of the molecule is CCOC(=O)[C@@H](C)N1C(=O)S/C(=C/c2cc(Cl)c(OCc3ccccc3Cl)c(OC)c2)C1=O. The van der Waals surface area contributed by atoms with Crippen molar-refractivity contribution in [1.29, 1.82) is 0 Å². The predicted molar refractivity (Wildman–Crippen MR) is 128 cm³/mol. The molecule has 0 aliphatic carbocycles. The summed E-state index contributed by atoms with van der Waals surface area (Å²) in [6.45, 7) is 3.43. The maximum absolute atomic E-state index is 12.8. The number of hydrogen-bond donors (Lipinski definition) is 0. The van der Waals surface area contributed by atoms with Crippen molar-refractivity contribution in [2.45, 2.75) is 26.5 Å². The van der Waals surface area contributed by atoms with E-state index in [1.165, 1.54) is 20.1 Å². The summed E-state index contributed by atoms with van der Waals surface area (Å²) < 4.78 is 16.2. The number of benzene rings is 2. The van der Waals surface area contributed by atoms with E-state index >= 15 is 0 Å². The number of esters is 1. The van der Waals surface area contributed by atoms with Gasteiger partial charge in [0.1, 0.15) is 12.6 Å². The standard InChI is InChI=1S/C23H21Cl2NO6S/c1-4-31-22(28)13(2)26-21(27)19(33-23(26)29)11-14-9-17(25)20(18(10-14)30-3)32-12-15-7-5-6-8-16(15)24/h5-11,13H,4,12H2,1-3H3/b19-11+/t13-/m1/s1. The molecule has 0 spiro atoms. The van der Waals surface area contributed by atoms with Crippen molar-refractivity contribution in [2.75, 3.05) is 13.7 Å². The minimum Gasteiger partial charge on any atom is -0.493 e. The molecule has 1 fully saturated rings. The number of thioether (sulfide) groups is 1. The molecule has 0 aromatic heterocycles. The first-order chi connectivity index (χ1) is 15.8. The number of hydrogen-bond acceptors (Lipinski definition) is 7. The summed E-state index contributed by atoms with van der Waals surface area (Å²) in [5, 5.41) is 0.272. The molecule has 174 valence electrons. The summed E-state index contributed by atoms with van der Waals surface area (Å²) in [5.41, 5.74) is 1.31. The Morgan fingerprint density at radius 2 is 1.91 bits per heavy atom. The van der Waals surface area contributed by atoms with Gasteiger partial charge in [-0.25, -0.2) is 4.79 Å². The van der Waals surface area contributed by atoms with Crippen LogP contribution in [0.3, 0.4) is 0 Å². The third-order valence-corrected chi connectivity index (χ3v) is 6.25. The van der Waals surface area contributed by atoms with Crippen LogP contribution in [0.5, 0.6) is 11.5 Å². The van der Waals surface area contributed by atoms with E-state index in [-0.39, 0.29) is 23.1 Å². The molecule has 10 heteroatoms. The van der Waals surface area contributed by atoms with Crippen molar-refractivity contribution >= 4 is 58.2 Å². The van der Waals surface area contributed by atoms with Crippen molar-refractivity contribution < 1.29 is 28.6 Å². The molecule has 2 aromatic rings. The first kappa shape index (κ1) is 25.0. The van der Waals surface area contributed by atoms with Crippen molar-refractivity contribution in [3.63, 3.8) is 0 Å². The van der Waals surface area contributed by atoms with Gasteiger partial charge in [0.05, 0.1) is 23.6 Å². The molecule has 1 saturated heterocycles. The van der Waals surface area contributed by atoms with Gasteiger partial charge in [-0.3, -0.25) is 14.5 Å². The highest BCUT2D eigenvalue weighted by Crippen LogP contribution is 2.40. The second-order valence-electron chi connectivity index (χ2n) is 6.89. The average molecular weight is 510 g/mol. The molecule has 1 aliphatic rings. The summed E-state index contributed by atoms with van der Waals surface area (Å²) in [4.78, 5) is 38.2. The number of imide groups is 1. The number of rotatable bonds is 8. The maximum atomic E-state index is 12.8. The van der Waals surface area contributed by atoms with E-state index in [9.17, 15) is 14.4 Å². The van der Waals surface area contributed by atoms with Crippen LogP contribution in [0.2, 0.25) is 10.0 Å². The number of methoxy groups -OCH3 is 1. The zero-order chi connectivity index (χ0) is 24.1. The fourth-order valence-corrected chi connectivity index (χ4v) is 4.43. The fraction of sp³-hybridized carbons (Fsp3) is 0.261. The minimum absolute atomic E-state index is 0.151. The highest BCUT2D eigenvalue weighted by Gasteiger charge is 2.41.